The molecule has 0 saturated carbocycles. The Balaban J connectivity index is 2.35. The van der Waals surface area contributed by atoms with Crippen LogP contribution in [0.1, 0.15) is 6.92 Å². The van der Waals surface area contributed by atoms with Gasteiger partial charge in [-0.25, -0.2) is 0 Å². The number of nitrogens with one attached hydrogen (secondary N) is 1. The molecule has 0 saturated heterocycles. The van der Waals surface area contributed by atoms with Gasteiger partial charge in [-0.3, -0.25) is 4.79 Å². The maximum absolute atomic E-state index is 11.2. The third-order valence-corrected chi connectivity index (χ3v) is 1.87. The molecule has 0 aliphatic heterocycles. The van der Waals surface area contributed by atoms with Gasteiger partial charge in [0.1, 0.15) is 5.75 Å². The maximum atomic E-state index is 11.2. The summed E-state index contributed by atoms with van der Waals surface area (Å²) in [6.45, 7) is 1.70. The molecule has 1 aromatic rings. The molecule has 1 atom stereocenters. The van der Waals surface area contributed by atoms with Crippen molar-refractivity contribution in [1.29, 1.82) is 0 Å². The molecule has 0 aliphatic carbocycles. The molecule has 1 aromatic carbocycles. The van der Waals surface area contributed by atoms with Crippen LogP contribution in [0.3, 0.4) is 0 Å². The molecular formula is C11H16N2O3. The number of carbonyl (C=O) groups is 1. The average molecular weight is 224 g/mol. The Morgan fingerprint density at radius 1 is 1.56 bits per heavy atom. The van der Waals surface area contributed by atoms with Crippen molar-refractivity contribution in [3.63, 3.8) is 0 Å². The number of aliphatic hydroxyl groups excluding tert-OH is 1. The van der Waals surface area contributed by atoms with Crippen LogP contribution in [0.5, 0.6) is 5.75 Å². The summed E-state index contributed by atoms with van der Waals surface area (Å²) in [5, 5.41) is 11.5. The van der Waals surface area contributed by atoms with Crippen molar-refractivity contribution in [2.45, 2.75) is 13.0 Å². The van der Waals surface area contributed by atoms with E-state index in [1.807, 2.05) is 0 Å². The van der Waals surface area contributed by atoms with Gasteiger partial charge in [-0.15, -0.1) is 0 Å². The number of hydrogen-bond donors (Lipinski definition) is 3. The van der Waals surface area contributed by atoms with Gasteiger partial charge in [0.15, 0.2) is 6.61 Å². The van der Waals surface area contributed by atoms with Crippen LogP contribution >= 0.6 is 0 Å². The predicted molar refractivity (Wildman–Crippen MR) is 61.0 cm³/mol. The number of para-hydroxylation sites is 2. The number of nitrogens with two attached hydrogens (primary N) is 1. The van der Waals surface area contributed by atoms with E-state index >= 15 is 0 Å². The van der Waals surface area contributed by atoms with E-state index in [1.165, 1.54) is 0 Å². The van der Waals surface area contributed by atoms with Crippen molar-refractivity contribution in [2.24, 2.45) is 0 Å². The minimum Gasteiger partial charge on any atom is -0.482 e. The monoisotopic (exact) mass is 224 g/mol. The largest absolute Gasteiger partial charge is 0.482 e. The van der Waals surface area contributed by atoms with Gasteiger partial charge in [0.2, 0.25) is 0 Å². The van der Waals surface area contributed by atoms with E-state index in [1.54, 1.807) is 31.2 Å². The average Bonchev–Trinajstić information content (AvgIpc) is 2.25. The van der Waals surface area contributed by atoms with Crippen LogP contribution in [0.4, 0.5) is 5.69 Å². The molecule has 1 amide bonds. The third-order valence-electron chi connectivity index (χ3n) is 1.87. The number of nitrogen functional groups attached to an aromatic ring is 1. The lowest BCUT2D eigenvalue weighted by atomic mass is 10.3. The summed E-state index contributed by atoms with van der Waals surface area (Å²) < 4.78 is 5.21. The number of aliphatic hydroxyl groups is 1. The Hall–Kier alpha value is -1.75. The number of benzene rings is 1. The lowest BCUT2D eigenvalue weighted by Gasteiger charge is -2.09. The third kappa shape index (κ3) is 4.18. The molecule has 5 nitrogen and oxygen atoms in total. The minimum absolute atomic E-state index is 0.110. The summed E-state index contributed by atoms with van der Waals surface area (Å²) in [6, 6.07) is 6.95. The van der Waals surface area contributed by atoms with Crippen LogP contribution in [-0.4, -0.2) is 30.3 Å². The summed E-state index contributed by atoms with van der Waals surface area (Å²) in [7, 11) is 0. The number of rotatable bonds is 5. The smallest absolute Gasteiger partial charge is 0.258 e. The highest BCUT2D eigenvalue weighted by Crippen LogP contribution is 2.19. The quantitative estimate of drug-likeness (QED) is 0.621. The van der Waals surface area contributed by atoms with Crippen LogP contribution in [0.2, 0.25) is 0 Å². The summed E-state index contributed by atoms with van der Waals surface area (Å²) in [5.41, 5.74) is 6.12. The zero-order valence-electron chi connectivity index (χ0n) is 9.14. The standard InChI is InChI=1S/C11H16N2O3/c1-8(14)6-13-11(15)7-16-10-5-3-2-4-9(10)12/h2-5,8,14H,6-7,12H2,1H3,(H,13,15)/t8-/m0/s1. The van der Waals surface area contributed by atoms with Gasteiger partial charge in [0.05, 0.1) is 11.8 Å². The van der Waals surface area contributed by atoms with E-state index < -0.39 is 6.10 Å². The van der Waals surface area contributed by atoms with Crippen molar-refractivity contribution in [3.8, 4) is 5.75 Å². The van der Waals surface area contributed by atoms with Gasteiger partial charge in [0.25, 0.3) is 5.91 Å². The van der Waals surface area contributed by atoms with Crippen molar-refractivity contribution in [1.82, 2.24) is 5.32 Å². The Bertz CT molecular complexity index is 353. The number of amides is 1. The fraction of sp³-hybridized carbons (Fsp3) is 0.364. The summed E-state index contributed by atoms with van der Waals surface area (Å²) in [5.74, 6) is 0.193. The van der Waals surface area contributed by atoms with Gasteiger partial charge in [-0.1, -0.05) is 12.1 Å². The fourth-order valence-corrected chi connectivity index (χ4v) is 1.07. The van der Waals surface area contributed by atoms with E-state index in [2.05, 4.69) is 5.32 Å². The number of anilines is 1. The SMILES string of the molecule is C[C@H](O)CNC(=O)COc1ccccc1N. The number of carbonyl (C=O) groups excluding carboxylic acids is 1. The Morgan fingerprint density at radius 2 is 2.25 bits per heavy atom. The highest BCUT2D eigenvalue weighted by Gasteiger charge is 2.05. The molecule has 0 heterocycles. The van der Waals surface area contributed by atoms with Crippen LogP contribution in [0.25, 0.3) is 0 Å². The first-order chi connectivity index (χ1) is 7.59. The topological polar surface area (TPSA) is 84.6 Å². The molecule has 0 spiro atoms. The van der Waals surface area contributed by atoms with E-state index in [0.717, 1.165) is 0 Å². The molecule has 0 aliphatic rings. The van der Waals surface area contributed by atoms with Crippen LogP contribution in [-0.2, 0) is 4.79 Å². The second-order valence-electron chi connectivity index (χ2n) is 3.48. The van der Waals surface area contributed by atoms with E-state index in [4.69, 9.17) is 15.6 Å². The lowest BCUT2D eigenvalue weighted by molar-refractivity contribution is -0.123. The first-order valence-electron chi connectivity index (χ1n) is 5.01. The highest BCUT2D eigenvalue weighted by atomic mass is 16.5. The predicted octanol–water partition coefficient (Wildman–Crippen LogP) is 0.145. The van der Waals surface area contributed by atoms with Crippen LogP contribution < -0.4 is 15.8 Å². The van der Waals surface area contributed by atoms with Gasteiger partial charge < -0.3 is 20.9 Å². The van der Waals surface area contributed by atoms with Crippen molar-refractivity contribution in [2.75, 3.05) is 18.9 Å². The molecule has 4 N–H and O–H groups in total. The minimum atomic E-state index is -0.564. The normalized spacial score (nSPS) is 11.9. The summed E-state index contributed by atoms with van der Waals surface area (Å²) in [6.07, 6.45) is -0.564. The highest BCUT2D eigenvalue weighted by molar-refractivity contribution is 5.77. The molecule has 0 fully saturated rings. The molecular weight excluding hydrogens is 208 g/mol. The van der Waals surface area contributed by atoms with Gasteiger partial charge >= 0.3 is 0 Å². The number of hydrogen-bond acceptors (Lipinski definition) is 4. The van der Waals surface area contributed by atoms with E-state index in [-0.39, 0.29) is 19.1 Å². The number of ether oxygens (including phenoxy) is 1. The van der Waals surface area contributed by atoms with Gasteiger partial charge in [-0.2, -0.15) is 0 Å². The van der Waals surface area contributed by atoms with Crippen molar-refractivity contribution >= 4 is 11.6 Å². The Morgan fingerprint density at radius 3 is 2.88 bits per heavy atom. The zero-order valence-corrected chi connectivity index (χ0v) is 9.14. The molecule has 16 heavy (non-hydrogen) atoms. The fourth-order valence-electron chi connectivity index (χ4n) is 1.07. The molecule has 5 heteroatoms. The molecule has 1 rings (SSSR count). The van der Waals surface area contributed by atoms with E-state index in [9.17, 15) is 4.79 Å². The van der Waals surface area contributed by atoms with Crippen LogP contribution in [0, 0.1) is 0 Å². The molecule has 88 valence electrons. The summed E-state index contributed by atoms with van der Waals surface area (Å²) >= 11 is 0. The Kier molecular flexibility index (Phi) is 4.60. The zero-order chi connectivity index (χ0) is 12.0. The second-order valence-corrected chi connectivity index (χ2v) is 3.48. The van der Waals surface area contributed by atoms with Gasteiger partial charge in [-0.05, 0) is 19.1 Å². The second kappa shape index (κ2) is 5.97. The molecule has 0 aromatic heterocycles. The lowest BCUT2D eigenvalue weighted by Crippen LogP contribution is -2.34. The van der Waals surface area contributed by atoms with Crippen molar-refractivity contribution < 1.29 is 14.6 Å². The molecule has 0 bridgehead atoms. The van der Waals surface area contributed by atoms with Crippen LogP contribution in [0.15, 0.2) is 24.3 Å². The first-order valence-corrected chi connectivity index (χ1v) is 5.01. The van der Waals surface area contributed by atoms with E-state index in [0.29, 0.717) is 11.4 Å². The Labute approximate surface area is 94.2 Å². The first kappa shape index (κ1) is 12.3. The molecule has 0 unspecified atom stereocenters. The van der Waals surface area contributed by atoms with Crippen molar-refractivity contribution in [3.05, 3.63) is 24.3 Å². The maximum Gasteiger partial charge on any atom is 0.258 e. The van der Waals surface area contributed by atoms with Gasteiger partial charge in [0, 0.05) is 6.54 Å². The molecule has 0 radical (unpaired) electrons. The summed E-state index contributed by atoms with van der Waals surface area (Å²) in [4.78, 5) is 11.2.